The van der Waals surface area contributed by atoms with Gasteiger partial charge in [-0.2, -0.15) is 0 Å². The van der Waals surface area contributed by atoms with E-state index in [2.05, 4.69) is 59.8 Å². The van der Waals surface area contributed by atoms with Gasteiger partial charge in [-0.1, -0.05) is 74.1 Å². The fourth-order valence-electron chi connectivity index (χ4n) is 10.00. The molecule has 2 heterocycles. The van der Waals surface area contributed by atoms with Gasteiger partial charge in [-0.15, -0.1) is 0 Å². The van der Waals surface area contributed by atoms with E-state index >= 15 is 0 Å². The van der Waals surface area contributed by atoms with Gasteiger partial charge in [0, 0.05) is 33.0 Å². The number of unbranched alkanes of at least 4 members (excludes halogenated alkanes) is 3. The van der Waals surface area contributed by atoms with Crippen molar-refractivity contribution in [1.29, 1.82) is 0 Å². The van der Waals surface area contributed by atoms with E-state index < -0.39 is 100.0 Å². The molecule has 1 saturated carbocycles. The number of oxazole rings is 1. The van der Waals surface area contributed by atoms with E-state index in [1.54, 1.807) is 6.92 Å². The number of nitrogens with zero attached hydrogens (tertiary/aromatic N) is 3. The summed E-state index contributed by atoms with van der Waals surface area (Å²) in [4.78, 5) is 146. The highest BCUT2D eigenvalue weighted by Crippen LogP contribution is 2.32. The summed E-state index contributed by atoms with van der Waals surface area (Å²) in [5, 5.41) is 25.4. The van der Waals surface area contributed by atoms with Gasteiger partial charge in [-0.3, -0.25) is 47.9 Å². The molecule has 9 N–H and O–H groups in total. The summed E-state index contributed by atoms with van der Waals surface area (Å²) < 4.78 is 5.23. The molecule has 23 nitrogen and oxygen atoms in total. The fourth-order valence-corrected chi connectivity index (χ4v) is 10.00. The van der Waals surface area contributed by atoms with Crippen LogP contribution < -0.4 is 47.9 Å². The molecule has 23 heteroatoms. The van der Waals surface area contributed by atoms with Crippen molar-refractivity contribution in [3.8, 4) is 0 Å². The number of carbonyl (C=O) groups is 10. The minimum Gasteiger partial charge on any atom is -0.448 e. The van der Waals surface area contributed by atoms with Gasteiger partial charge in [0.05, 0.1) is 5.54 Å². The van der Waals surface area contributed by atoms with Crippen molar-refractivity contribution >= 4 is 59.1 Å². The van der Waals surface area contributed by atoms with E-state index in [1.807, 2.05) is 60.5 Å². The summed E-state index contributed by atoms with van der Waals surface area (Å²) in [6, 6.07) is -5.36. The lowest BCUT2D eigenvalue weighted by Gasteiger charge is -2.44. The Hall–Kier alpha value is -6.13. The third-order valence-corrected chi connectivity index (χ3v) is 14.6. The van der Waals surface area contributed by atoms with Crippen LogP contribution in [-0.4, -0.2) is 160 Å². The molecule has 0 spiro atoms. The number of aryl methyl sites for hydroxylation is 1. The molecule has 81 heavy (non-hydrogen) atoms. The predicted molar refractivity (Wildman–Crippen MR) is 308 cm³/mol. The van der Waals surface area contributed by atoms with Crippen LogP contribution in [0.1, 0.15) is 196 Å². The lowest BCUT2D eigenvalue weighted by atomic mass is 9.76. The number of hydrogen-bond donors (Lipinski definition) is 9. The van der Waals surface area contributed by atoms with Crippen LogP contribution in [-0.2, 0) is 43.2 Å². The van der Waals surface area contributed by atoms with Gasteiger partial charge >= 0.3 is 0 Å². The first-order valence-corrected chi connectivity index (χ1v) is 29.3. The van der Waals surface area contributed by atoms with Crippen LogP contribution in [0.3, 0.4) is 0 Å². The zero-order valence-corrected chi connectivity index (χ0v) is 51.5. The van der Waals surface area contributed by atoms with Gasteiger partial charge in [0.25, 0.3) is 5.91 Å². The van der Waals surface area contributed by atoms with Crippen LogP contribution in [0, 0.1) is 24.7 Å². The maximum atomic E-state index is 14.2. The molecule has 1 aromatic heterocycles. The number of likely N-dealkylation sites (N-methyl/N-ethyl adjacent to an activating group) is 1. The Labute approximate surface area is 481 Å². The lowest BCUT2D eigenvalue weighted by Crippen LogP contribution is -2.65. The van der Waals surface area contributed by atoms with Gasteiger partial charge in [-0.05, 0) is 131 Å². The lowest BCUT2D eigenvalue weighted by molar-refractivity contribution is -0.139. The zero-order valence-electron chi connectivity index (χ0n) is 51.5. The number of nitrogens with one attached hydrogen (secondary N) is 9. The monoisotopic (exact) mass is 1140 g/mol. The molecule has 1 saturated heterocycles. The van der Waals surface area contributed by atoms with Crippen LogP contribution >= 0.6 is 0 Å². The Morgan fingerprint density at radius 3 is 1.67 bits per heavy atom. The Kier molecular flexibility index (Phi) is 26.3. The molecule has 458 valence electrons. The predicted octanol–water partition coefficient (Wildman–Crippen LogP) is 3.43. The molecule has 0 bridgehead atoms. The Bertz CT molecular complexity index is 2340. The summed E-state index contributed by atoms with van der Waals surface area (Å²) in [5.41, 5.74) is -4.86. The third kappa shape index (κ3) is 21.9. The minimum absolute atomic E-state index is 0.0464. The highest BCUT2D eigenvalue weighted by atomic mass is 16.3. The van der Waals surface area contributed by atoms with Crippen molar-refractivity contribution in [1.82, 2.24) is 62.6 Å². The van der Waals surface area contributed by atoms with E-state index in [1.165, 1.54) is 52.7 Å². The first-order chi connectivity index (χ1) is 37.6. The number of amides is 10. The highest BCUT2D eigenvalue weighted by molar-refractivity contribution is 6.00. The molecule has 0 aromatic carbocycles. The average Bonchev–Trinajstić information content (AvgIpc) is 4.12. The van der Waals surface area contributed by atoms with Crippen molar-refractivity contribution in [3.05, 3.63) is 17.8 Å². The summed E-state index contributed by atoms with van der Waals surface area (Å²) >= 11 is 0. The van der Waals surface area contributed by atoms with Crippen LogP contribution in [0.5, 0.6) is 0 Å². The zero-order chi connectivity index (χ0) is 61.2. The Morgan fingerprint density at radius 2 is 1.19 bits per heavy atom. The van der Waals surface area contributed by atoms with Crippen molar-refractivity contribution in [2.75, 3.05) is 33.7 Å². The average molecular weight is 1140 g/mol. The van der Waals surface area contributed by atoms with Gasteiger partial charge < -0.3 is 62.1 Å². The fraction of sp³-hybridized carbons (Fsp3) is 0.776. The molecule has 4 unspecified atom stereocenters. The van der Waals surface area contributed by atoms with E-state index in [0.717, 1.165) is 45.1 Å². The topological polar surface area (TPSA) is 311 Å². The maximum absolute atomic E-state index is 14.2. The van der Waals surface area contributed by atoms with Crippen molar-refractivity contribution in [3.63, 3.8) is 0 Å². The second kappa shape index (κ2) is 30.8. The third-order valence-electron chi connectivity index (χ3n) is 14.6. The molecule has 1 aliphatic carbocycles. The number of hydrogen-bond acceptors (Lipinski definition) is 13. The van der Waals surface area contributed by atoms with Gasteiger partial charge in [-0.25, -0.2) is 4.98 Å². The smallest absolute Gasteiger partial charge is 0.276 e. The minimum atomic E-state index is -1.64. The SMILES string of the molecule is CCCCCCC(NC(=O)[C@@H]1CCCN1C(=O)c1coc(C)n1)C(=O)NC(CC(C)C)C(=O)NC(C)(C)C(=O)NC(CC(C)C)C(=O)NC(CC(C)C)C(=O)NC(C)(C)C(=O)NC(C)(C)C(=O)NCCC(=O)NC1(CN(C)C)CCC1. The summed E-state index contributed by atoms with van der Waals surface area (Å²) in [5.74, 6) is -5.72. The number of rotatable bonds is 33. The summed E-state index contributed by atoms with van der Waals surface area (Å²) in [6.45, 7) is 24.8. The van der Waals surface area contributed by atoms with Gasteiger partial charge in [0.15, 0.2) is 11.6 Å². The second-order valence-electron chi connectivity index (χ2n) is 25.6. The molecule has 1 aromatic rings. The summed E-state index contributed by atoms with van der Waals surface area (Å²) in [7, 11) is 3.91. The van der Waals surface area contributed by atoms with Crippen molar-refractivity contribution < 1.29 is 52.4 Å². The maximum Gasteiger partial charge on any atom is 0.276 e. The molecular formula is C58H100N12O11. The van der Waals surface area contributed by atoms with E-state index in [4.69, 9.17) is 4.42 Å². The second-order valence-corrected chi connectivity index (χ2v) is 25.6. The van der Waals surface area contributed by atoms with Crippen LogP contribution in [0.15, 0.2) is 10.7 Å². The first-order valence-electron chi connectivity index (χ1n) is 29.3. The molecule has 10 amide bonds. The normalized spacial score (nSPS) is 16.8. The Balaban J connectivity index is 1.70. The van der Waals surface area contributed by atoms with Crippen LogP contribution in [0.25, 0.3) is 0 Å². The van der Waals surface area contributed by atoms with Crippen molar-refractivity contribution in [2.24, 2.45) is 17.8 Å². The first kappa shape index (κ1) is 69.1. The molecule has 1 aliphatic heterocycles. The molecule has 0 radical (unpaired) electrons. The van der Waals surface area contributed by atoms with Crippen molar-refractivity contribution in [2.45, 2.75) is 239 Å². The van der Waals surface area contributed by atoms with Crippen LogP contribution in [0.4, 0.5) is 0 Å². The van der Waals surface area contributed by atoms with E-state index in [0.29, 0.717) is 31.7 Å². The van der Waals surface area contributed by atoms with Gasteiger partial charge in [0.1, 0.15) is 53.1 Å². The number of likely N-dealkylation sites (tertiary alicyclic amines) is 1. The largest absolute Gasteiger partial charge is 0.448 e. The Morgan fingerprint density at radius 1 is 0.667 bits per heavy atom. The molecular weight excluding hydrogens is 1040 g/mol. The summed E-state index contributed by atoms with van der Waals surface area (Å²) in [6.07, 6.45) is 9.08. The highest BCUT2D eigenvalue weighted by Gasteiger charge is 2.43. The van der Waals surface area contributed by atoms with Crippen LogP contribution in [0.2, 0.25) is 0 Å². The molecule has 3 rings (SSSR count). The molecule has 2 aliphatic rings. The number of aromatic nitrogens is 1. The van der Waals surface area contributed by atoms with E-state index in [9.17, 15) is 47.9 Å². The number of carbonyl (C=O) groups excluding carboxylic acids is 10. The standard InChI is InChI=1S/C58H100N12O11/c1-17-18-19-20-23-39(61-50(76)44-24-21-29-70(44)51(77)43-33-81-38(8)60-43)46(72)62-41(31-36(4)5)48(74)66-56(11,12)53(79)64-40(30-35(2)3)47(73)63-42(32-37(6)7)49(75)67-57(13,14)54(80)68-55(9,10)52(78)59-28-25-45(71)65-58(26-22-27-58)34-69(15)16/h33,35-37,39-42,44H,17-32,34H2,1-16H3,(H,59,78)(H,61,76)(H,62,72)(H,63,73)(H,64,79)(H,65,71)(H,66,74)(H,67,75)(H,68,80)/t39?,40?,41?,42?,44-/m0/s1. The quantitative estimate of drug-likeness (QED) is 0.0457. The molecule has 2 fully saturated rings. The van der Waals surface area contributed by atoms with Gasteiger partial charge in [0.2, 0.25) is 53.2 Å². The van der Waals surface area contributed by atoms with E-state index in [-0.39, 0.29) is 73.5 Å². The molecule has 5 atom stereocenters.